The topological polar surface area (TPSA) is 26.3 Å². The summed E-state index contributed by atoms with van der Waals surface area (Å²) in [5.41, 5.74) is 1.41. The molecule has 2 aromatic carbocycles. The van der Waals surface area contributed by atoms with Gasteiger partial charge >= 0.3 is 0 Å². The average Bonchev–Trinajstić information content (AvgIpc) is 2.51. The summed E-state index contributed by atoms with van der Waals surface area (Å²) in [6.07, 6.45) is 2.50. The fourth-order valence-corrected chi connectivity index (χ4v) is 2.28. The van der Waals surface area contributed by atoms with Gasteiger partial charge in [0.15, 0.2) is 5.78 Å². The highest BCUT2D eigenvalue weighted by molar-refractivity contribution is 7.98. The van der Waals surface area contributed by atoms with Crippen LogP contribution in [0.3, 0.4) is 0 Å². The van der Waals surface area contributed by atoms with Crippen molar-refractivity contribution in [3.63, 3.8) is 0 Å². The molecule has 2 aromatic rings. The first kappa shape index (κ1) is 15.6. The largest absolute Gasteiger partial charge is 0.489 e. The fraction of sp³-hybridized carbons (Fsp3) is 0.235. The average molecular weight is 304 g/mol. The Hall–Kier alpha value is -1.81. The molecule has 0 aromatic heterocycles. The number of ketones is 1. The van der Waals surface area contributed by atoms with Crippen LogP contribution in [0, 0.1) is 5.82 Å². The Bertz CT molecular complexity index is 613. The molecule has 0 unspecified atom stereocenters. The summed E-state index contributed by atoms with van der Waals surface area (Å²) >= 11 is 1.65. The molecule has 0 aliphatic rings. The number of halogens is 1. The predicted octanol–water partition coefficient (Wildman–Crippen LogP) is 4.34. The van der Waals surface area contributed by atoms with Crippen molar-refractivity contribution in [3.05, 3.63) is 65.5 Å². The van der Waals surface area contributed by atoms with Crippen LogP contribution in [0.1, 0.15) is 22.3 Å². The molecule has 0 heterocycles. The smallest absolute Gasteiger partial charge is 0.163 e. The van der Waals surface area contributed by atoms with Gasteiger partial charge in [-0.2, -0.15) is 11.8 Å². The summed E-state index contributed by atoms with van der Waals surface area (Å²) in [5, 5.41) is 0. The molecule has 4 heteroatoms. The minimum Gasteiger partial charge on any atom is -0.489 e. The lowest BCUT2D eigenvalue weighted by molar-refractivity contribution is 0.0989. The standard InChI is InChI=1S/C17H17FO2S/c1-21-9-8-17(19)14-5-3-7-16(11-14)20-12-13-4-2-6-15(18)10-13/h2-7,10-11H,8-9,12H2,1H3. The van der Waals surface area contributed by atoms with E-state index in [2.05, 4.69) is 0 Å². The number of ether oxygens (including phenoxy) is 1. The van der Waals surface area contributed by atoms with E-state index in [0.717, 1.165) is 11.3 Å². The normalized spacial score (nSPS) is 10.4. The molecular formula is C17H17FO2S. The van der Waals surface area contributed by atoms with Crippen molar-refractivity contribution in [2.75, 3.05) is 12.0 Å². The third-order valence-electron chi connectivity index (χ3n) is 2.98. The van der Waals surface area contributed by atoms with E-state index in [9.17, 15) is 9.18 Å². The number of hydrogen-bond acceptors (Lipinski definition) is 3. The minimum atomic E-state index is -0.280. The number of benzene rings is 2. The number of Topliss-reactive ketones (excluding diaryl/α,β-unsaturated/α-hetero) is 1. The summed E-state index contributed by atoms with van der Waals surface area (Å²) in [5.74, 6) is 1.26. The van der Waals surface area contributed by atoms with Gasteiger partial charge in [-0.25, -0.2) is 4.39 Å². The highest BCUT2D eigenvalue weighted by Crippen LogP contribution is 2.17. The summed E-state index contributed by atoms with van der Waals surface area (Å²) in [6.45, 7) is 0.278. The maximum absolute atomic E-state index is 13.1. The van der Waals surface area contributed by atoms with Crippen LogP contribution in [0.15, 0.2) is 48.5 Å². The van der Waals surface area contributed by atoms with Crippen LogP contribution in [0.2, 0.25) is 0 Å². The number of thioether (sulfide) groups is 1. The number of hydrogen-bond donors (Lipinski definition) is 0. The molecule has 0 radical (unpaired) electrons. The Morgan fingerprint density at radius 3 is 2.76 bits per heavy atom. The van der Waals surface area contributed by atoms with Gasteiger partial charge in [0.1, 0.15) is 18.2 Å². The van der Waals surface area contributed by atoms with Crippen LogP contribution in [0.5, 0.6) is 5.75 Å². The molecule has 0 aliphatic carbocycles. The second-order valence-corrected chi connectivity index (χ2v) is 5.60. The molecule has 0 spiro atoms. The summed E-state index contributed by atoms with van der Waals surface area (Å²) in [7, 11) is 0. The third-order valence-corrected chi connectivity index (χ3v) is 3.60. The quantitative estimate of drug-likeness (QED) is 0.712. The zero-order chi connectivity index (χ0) is 15.1. The van der Waals surface area contributed by atoms with Gasteiger partial charge < -0.3 is 4.74 Å². The SMILES string of the molecule is CSCCC(=O)c1cccc(OCc2cccc(F)c2)c1. The van der Waals surface area contributed by atoms with Crippen LogP contribution in [-0.2, 0) is 6.61 Å². The number of rotatable bonds is 7. The monoisotopic (exact) mass is 304 g/mol. The van der Waals surface area contributed by atoms with Gasteiger partial charge in [-0.15, -0.1) is 0 Å². The fourth-order valence-electron chi connectivity index (χ4n) is 1.89. The zero-order valence-corrected chi connectivity index (χ0v) is 12.7. The van der Waals surface area contributed by atoms with Crippen LogP contribution in [-0.4, -0.2) is 17.8 Å². The second-order valence-electron chi connectivity index (χ2n) is 4.61. The molecule has 0 saturated carbocycles. The van der Waals surface area contributed by atoms with Gasteiger partial charge in [-0.3, -0.25) is 4.79 Å². The van der Waals surface area contributed by atoms with E-state index >= 15 is 0 Å². The highest BCUT2D eigenvalue weighted by atomic mass is 32.2. The summed E-state index contributed by atoms with van der Waals surface area (Å²) < 4.78 is 18.7. The molecule has 110 valence electrons. The van der Waals surface area contributed by atoms with Crippen LogP contribution >= 0.6 is 11.8 Å². The van der Waals surface area contributed by atoms with E-state index in [-0.39, 0.29) is 18.2 Å². The van der Waals surface area contributed by atoms with Gasteiger partial charge in [0.25, 0.3) is 0 Å². The maximum atomic E-state index is 13.1. The molecule has 21 heavy (non-hydrogen) atoms. The van der Waals surface area contributed by atoms with E-state index in [0.29, 0.717) is 17.7 Å². The van der Waals surface area contributed by atoms with E-state index < -0.39 is 0 Å². The van der Waals surface area contributed by atoms with Crippen LogP contribution in [0.4, 0.5) is 4.39 Å². The van der Waals surface area contributed by atoms with Crippen molar-refractivity contribution in [3.8, 4) is 5.75 Å². The molecule has 2 rings (SSSR count). The summed E-state index contributed by atoms with van der Waals surface area (Å²) in [6, 6.07) is 13.4. The van der Waals surface area contributed by atoms with Crippen molar-refractivity contribution < 1.29 is 13.9 Å². The molecule has 0 atom stereocenters. The first-order valence-corrected chi connectivity index (χ1v) is 8.08. The molecule has 0 fully saturated rings. The van der Waals surface area contributed by atoms with Gasteiger partial charge in [0.2, 0.25) is 0 Å². The van der Waals surface area contributed by atoms with Gasteiger partial charge in [-0.05, 0) is 36.1 Å². The van der Waals surface area contributed by atoms with Crippen molar-refractivity contribution in [1.29, 1.82) is 0 Å². The van der Waals surface area contributed by atoms with Crippen molar-refractivity contribution >= 4 is 17.5 Å². The predicted molar refractivity (Wildman–Crippen MR) is 84.5 cm³/mol. The lowest BCUT2D eigenvalue weighted by Crippen LogP contribution is -2.02. The molecule has 0 N–H and O–H groups in total. The van der Waals surface area contributed by atoms with Crippen molar-refractivity contribution in [1.82, 2.24) is 0 Å². The first-order chi connectivity index (χ1) is 10.2. The molecule has 0 saturated heterocycles. The van der Waals surface area contributed by atoms with Crippen molar-refractivity contribution in [2.45, 2.75) is 13.0 Å². The number of carbonyl (C=O) groups is 1. The number of carbonyl (C=O) groups excluding carboxylic acids is 1. The minimum absolute atomic E-state index is 0.112. The van der Waals surface area contributed by atoms with Gasteiger partial charge in [0, 0.05) is 17.7 Å². The van der Waals surface area contributed by atoms with Gasteiger partial charge in [-0.1, -0.05) is 24.3 Å². The van der Waals surface area contributed by atoms with E-state index in [1.54, 1.807) is 48.2 Å². The molecule has 0 amide bonds. The maximum Gasteiger partial charge on any atom is 0.163 e. The highest BCUT2D eigenvalue weighted by Gasteiger charge is 2.06. The van der Waals surface area contributed by atoms with E-state index in [1.165, 1.54) is 12.1 Å². The molecule has 2 nitrogen and oxygen atoms in total. The lowest BCUT2D eigenvalue weighted by atomic mass is 10.1. The Morgan fingerprint density at radius 2 is 2.00 bits per heavy atom. The molecule has 0 bridgehead atoms. The molecule has 0 aliphatic heterocycles. The van der Waals surface area contributed by atoms with E-state index in [1.807, 2.05) is 6.26 Å². The Labute approximate surface area is 128 Å². The Kier molecular flexibility index (Phi) is 5.81. The molecular weight excluding hydrogens is 287 g/mol. The van der Waals surface area contributed by atoms with Crippen LogP contribution in [0.25, 0.3) is 0 Å². The Balaban J connectivity index is 1.99. The Morgan fingerprint density at radius 1 is 1.19 bits per heavy atom. The third kappa shape index (κ3) is 4.90. The zero-order valence-electron chi connectivity index (χ0n) is 11.8. The first-order valence-electron chi connectivity index (χ1n) is 6.68. The van der Waals surface area contributed by atoms with Crippen molar-refractivity contribution in [2.24, 2.45) is 0 Å². The lowest BCUT2D eigenvalue weighted by Gasteiger charge is -2.08. The second kappa shape index (κ2) is 7.84. The van der Waals surface area contributed by atoms with E-state index in [4.69, 9.17) is 4.74 Å². The van der Waals surface area contributed by atoms with Gasteiger partial charge in [0.05, 0.1) is 0 Å². The summed E-state index contributed by atoms with van der Waals surface area (Å²) in [4.78, 5) is 12.0. The van der Waals surface area contributed by atoms with Crippen LogP contribution < -0.4 is 4.74 Å².